The molecule has 3 N–H and O–H groups in total. The second-order valence-corrected chi connectivity index (χ2v) is 5.08. The van der Waals surface area contributed by atoms with Gasteiger partial charge in [-0.3, -0.25) is 0 Å². The van der Waals surface area contributed by atoms with Gasteiger partial charge in [-0.2, -0.15) is 0 Å². The van der Waals surface area contributed by atoms with Crippen LogP contribution < -0.4 is 15.8 Å². The first-order chi connectivity index (χ1) is 9.79. The molecule has 1 aliphatic rings. The van der Waals surface area contributed by atoms with Crippen LogP contribution in [0.5, 0.6) is 5.88 Å². The van der Waals surface area contributed by atoms with Gasteiger partial charge in [0.15, 0.2) is 5.96 Å². The molecule has 0 aromatic carbocycles. The number of aromatic nitrogens is 1. The number of rotatable bonds is 5. The highest BCUT2D eigenvalue weighted by atomic mass is 16.5. The van der Waals surface area contributed by atoms with Crippen molar-refractivity contribution in [3.8, 4) is 5.88 Å². The molecule has 0 unspecified atom stereocenters. The number of hydrogen-bond acceptors (Lipinski definition) is 3. The highest BCUT2D eigenvalue weighted by Crippen LogP contribution is 2.17. The summed E-state index contributed by atoms with van der Waals surface area (Å²) in [5.74, 6) is 1.16. The van der Waals surface area contributed by atoms with Crippen LogP contribution in [-0.4, -0.2) is 23.6 Å². The van der Waals surface area contributed by atoms with E-state index in [0.717, 1.165) is 5.56 Å². The summed E-state index contributed by atoms with van der Waals surface area (Å²) >= 11 is 0. The molecule has 5 nitrogen and oxygen atoms in total. The zero-order valence-electron chi connectivity index (χ0n) is 12.1. The summed E-state index contributed by atoms with van der Waals surface area (Å²) in [7, 11) is 0. The molecule has 0 spiro atoms. The van der Waals surface area contributed by atoms with Gasteiger partial charge in [0.05, 0.1) is 13.2 Å². The van der Waals surface area contributed by atoms with Gasteiger partial charge in [0.25, 0.3) is 0 Å². The molecule has 5 heteroatoms. The van der Waals surface area contributed by atoms with Gasteiger partial charge in [-0.15, -0.1) is 0 Å². The summed E-state index contributed by atoms with van der Waals surface area (Å²) in [4.78, 5) is 8.60. The van der Waals surface area contributed by atoms with E-state index in [0.29, 0.717) is 31.0 Å². The Bertz CT molecular complexity index is 441. The van der Waals surface area contributed by atoms with Crippen molar-refractivity contribution < 1.29 is 4.74 Å². The lowest BCUT2D eigenvalue weighted by Crippen LogP contribution is -2.41. The summed E-state index contributed by atoms with van der Waals surface area (Å²) in [6.45, 7) is 3.04. The zero-order chi connectivity index (χ0) is 14.2. The van der Waals surface area contributed by atoms with Crippen molar-refractivity contribution in [2.45, 2.75) is 51.6 Å². The van der Waals surface area contributed by atoms with Crippen molar-refractivity contribution in [2.75, 3.05) is 6.61 Å². The second-order valence-electron chi connectivity index (χ2n) is 5.08. The predicted molar refractivity (Wildman–Crippen MR) is 80.7 cm³/mol. The number of nitrogens with two attached hydrogens (primary N) is 1. The lowest BCUT2D eigenvalue weighted by molar-refractivity contribution is 0.323. The van der Waals surface area contributed by atoms with Crippen LogP contribution in [-0.2, 0) is 6.54 Å². The molecule has 0 amide bonds. The molecule has 1 fully saturated rings. The Kier molecular flexibility index (Phi) is 5.65. The van der Waals surface area contributed by atoms with Crippen molar-refractivity contribution in [3.05, 3.63) is 23.9 Å². The average Bonchev–Trinajstić information content (AvgIpc) is 2.48. The van der Waals surface area contributed by atoms with Gasteiger partial charge in [0, 0.05) is 17.8 Å². The average molecular weight is 276 g/mol. The lowest BCUT2D eigenvalue weighted by atomic mass is 9.96. The minimum atomic E-state index is 0.479. The Balaban J connectivity index is 1.90. The third-order valence-corrected chi connectivity index (χ3v) is 3.51. The van der Waals surface area contributed by atoms with Crippen LogP contribution in [0.15, 0.2) is 23.3 Å². The molecule has 110 valence electrons. The largest absolute Gasteiger partial charge is 0.478 e. The first kappa shape index (κ1) is 14.6. The lowest BCUT2D eigenvalue weighted by Gasteiger charge is -2.23. The van der Waals surface area contributed by atoms with E-state index < -0.39 is 0 Å². The van der Waals surface area contributed by atoms with Crippen LogP contribution >= 0.6 is 0 Å². The van der Waals surface area contributed by atoms with E-state index in [2.05, 4.69) is 15.3 Å². The van der Waals surface area contributed by atoms with E-state index in [-0.39, 0.29) is 0 Å². The van der Waals surface area contributed by atoms with Gasteiger partial charge in [-0.1, -0.05) is 25.3 Å². The first-order valence-electron chi connectivity index (χ1n) is 7.42. The Hall–Kier alpha value is -1.78. The maximum absolute atomic E-state index is 5.95. The summed E-state index contributed by atoms with van der Waals surface area (Å²) in [6, 6.07) is 4.33. The Labute approximate surface area is 120 Å². The smallest absolute Gasteiger partial charge is 0.218 e. The molecular formula is C15H24N4O. The van der Waals surface area contributed by atoms with E-state index in [9.17, 15) is 0 Å². The van der Waals surface area contributed by atoms with Crippen LogP contribution in [0.1, 0.15) is 44.6 Å². The normalized spacial score (nSPS) is 16.9. The van der Waals surface area contributed by atoms with Crippen LogP contribution in [0, 0.1) is 0 Å². The quantitative estimate of drug-likeness (QED) is 0.639. The van der Waals surface area contributed by atoms with E-state index in [4.69, 9.17) is 10.5 Å². The zero-order valence-corrected chi connectivity index (χ0v) is 12.1. The van der Waals surface area contributed by atoms with E-state index in [1.807, 2.05) is 19.1 Å². The van der Waals surface area contributed by atoms with Gasteiger partial charge < -0.3 is 15.8 Å². The SMILES string of the molecule is CCOc1ncccc1CN=C(N)NC1CCCCC1. The highest BCUT2D eigenvalue weighted by molar-refractivity contribution is 5.78. The molecule has 0 aliphatic heterocycles. The van der Waals surface area contributed by atoms with Crippen LogP contribution in [0.2, 0.25) is 0 Å². The van der Waals surface area contributed by atoms with Crippen LogP contribution in [0.4, 0.5) is 0 Å². The number of nitrogens with one attached hydrogen (secondary N) is 1. The van der Waals surface area contributed by atoms with Crippen LogP contribution in [0.3, 0.4) is 0 Å². The highest BCUT2D eigenvalue weighted by Gasteiger charge is 2.13. The molecular weight excluding hydrogens is 252 g/mol. The van der Waals surface area contributed by atoms with Crippen molar-refractivity contribution >= 4 is 5.96 Å². The van der Waals surface area contributed by atoms with Crippen molar-refractivity contribution in [2.24, 2.45) is 10.7 Å². The summed E-state index contributed by atoms with van der Waals surface area (Å²) < 4.78 is 5.48. The molecule has 1 aliphatic carbocycles. The monoisotopic (exact) mass is 276 g/mol. The van der Waals surface area contributed by atoms with Gasteiger partial charge in [0.1, 0.15) is 0 Å². The molecule has 2 rings (SSSR count). The molecule has 1 saturated carbocycles. The fraction of sp³-hybridized carbons (Fsp3) is 0.600. The third kappa shape index (κ3) is 4.40. The summed E-state index contributed by atoms with van der Waals surface area (Å²) in [6.07, 6.45) is 8.00. The topological polar surface area (TPSA) is 72.5 Å². The third-order valence-electron chi connectivity index (χ3n) is 3.51. The number of guanidine groups is 1. The minimum absolute atomic E-state index is 0.479. The molecule has 20 heavy (non-hydrogen) atoms. The molecule has 1 heterocycles. The molecule has 0 radical (unpaired) electrons. The van der Waals surface area contributed by atoms with E-state index in [1.165, 1.54) is 32.1 Å². The Morgan fingerprint density at radius 2 is 2.25 bits per heavy atom. The number of hydrogen-bond donors (Lipinski definition) is 2. The molecule has 0 bridgehead atoms. The fourth-order valence-corrected chi connectivity index (χ4v) is 2.48. The van der Waals surface area contributed by atoms with Gasteiger partial charge >= 0.3 is 0 Å². The Morgan fingerprint density at radius 1 is 1.45 bits per heavy atom. The van der Waals surface area contributed by atoms with Gasteiger partial charge in [0.2, 0.25) is 5.88 Å². The number of nitrogens with zero attached hydrogens (tertiary/aromatic N) is 2. The minimum Gasteiger partial charge on any atom is -0.478 e. The second kappa shape index (κ2) is 7.72. The number of pyridine rings is 1. The van der Waals surface area contributed by atoms with Gasteiger partial charge in [-0.25, -0.2) is 9.98 Å². The van der Waals surface area contributed by atoms with Crippen molar-refractivity contribution in [1.82, 2.24) is 10.3 Å². The molecule has 0 saturated heterocycles. The molecule has 0 atom stereocenters. The maximum atomic E-state index is 5.95. The summed E-state index contributed by atoms with van der Waals surface area (Å²) in [5, 5.41) is 3.31. The van der Waals surface area contributed by atoms with Crippen molar-refractivity contribution in [3.63, 3.8) is 0 Å². The molecule has 1 aromatic rings. The Morgan fingerprint density at radius 3 is 3.00 bits per heavy atom. The standard InChI is InChI=1S/C15H24N4O/c1-2-20-14-12(7-6-10-17-14)11-18-15(16)19-13-8-4-3-5-9-13/h6-7,10,13H,2-5,8-9,11H2,1H3,(H3,16,18,19). The molecule has 1 aromatic heterocycles. The van der Waals surface area contributed by atoms with Crippen molar-refractivity contribution in [1.29, 1.82) is 0 Å². The number of aliphatic imine (C=N–C) groups is 1. The van der Waals surface area contributed by atoms with Gasteiger partial charge in [-0.05, 0) is 25.8 Å². The predicted octanol–water partition coefficient (Wildman–Crippen LogP) is 2.22. The number of ether oxygens (including phenoxy) is 1. The fourth-order valence-electron chi connectivity index (χ4n) is 2.48. The van der Waals surface area contributed by atoms with E-state index >= 15 is 0 Å². The maximum Gasteiger partial charge on any atom is 0.218 e. The van der Waals surface area contributed by atoms with E-state index in [1.54, 1.807) is 6.20 Å². The summed E-state index contributed by atoms with van der Waals surface area (Å²) in [5.41, 5.74) is 6.91. The first-order valence-corrected chi connectivity index (χ1v) is 7.42. The van der Waals surface area contributed by atoms with Crippen LogP contribution in [0.25, 0.3) is 0 Å².